The van der Waals surface area contributed by atoms with Crippen molar-refractivity contribution in [2.45, 2.75) is 32.2 Å². The number of carboxylic acids is 2. The third kappa shape index (κ3) is 5.05. The second-order valence-corrected chi connectivity index (χ2v) is 4.34. The third-order valence-electron chi connectivity index (χ3n) is 2.65. The minimum atomic E-state index is -1.19. The van der Waals surface area contributed by atoms with Gasteiger partial charge in [0.2, 0.25) is 0 Å². The van der Waals surface area contributed by atoms with Gasteiger partial charge in [-0.15, -0.1) is 0 Å². The number of aliphatic carboxylic acids is 2. The normalized spacial score (nSPS) is 11.7. The molecular weight excluding hydrogens is 264 g/mol. The van der Waals surface area contributed by atoms with Crippen molar-refractivity contribution in [3.05, 3.63) is 29.6 Å². The molecule has 1 aromatic rings. The van der Waals surface area contributed by atoms with Gasteiger partial charge in [0.1, 0.15) is 6.04 Å². The molecule has 0 aliphatic heterocycles. The number of nitrogens with zero attached hydrogens (tertiary/aromatic N) is 1. The molecule has 0 unspecified atom stereocenters. The molecule has 108 valence electrons. The molecule has 0 aliphatic carbocycles. The molecule has 0 fully saturated rings. The number of rotatable bonds is 7. The maximum atomic E-state index is 11.9. The third-order valence-corrected chi connectivity index (χ3v) is 2.65. The van der Waals surface area contributed by atoms with Gasteiger partial charge in [0, 0.05) is 23.9 Å². The number of aromatic nitrogens is 1. The van der Waals surface area contributed by atoms with Gasteiger partial charge >= 0.3 is 11.9 Å². The summed E-state index contributed by atoms with van der Waals surface area (Å²) in [4.78, 5) is 37.3. The average molecular weight is 280 g/mol. The van der Waals surface area contributed by atoms with E-state index in [4.69, 9.17) is 10.2 Å². The van der Waals surface area contributed by atoms with Crippen molar-refractivity contribution in [3.63, 3.8) is 0 Å². The van der Waals surface area contributed by atoms with E-state index in [-0.39, 0.29) is 19.3 Å². The molecule has 3 N–H and O–H groups in total. The molecule has 0 saturated heterocycles. The molecule has 1 atom stereocenters. The quantitative estimate of drug-likeness (QED) is 0.681. The number of carboxylic acid groups (broad SMARTS) is 2. The monoisotopic (exact) mass is 280 g/mol. The van der Waals surface area contributed by atoms with Crippen LogP contribution in [0.15, 0.2) is 18.3 Å². The summed E-state index contributed by atoms with van der Waals surface area (Å²) in [6.45, 7) is 1.72. The van der Waals surface area contributed by atoms with Crippen LogP contribution in [0.2, 0.25) is 0 Å². The van der Waals surface area contributed by atoms with Gasteiger partial charge in [0.25, 0.3) is 5.91 Å². The van der Waals surface area contributed by atoms with Crippen LogP contribution in [-0.2, 0) is 9.59 Å². The average Bonchev–Trinajstić information content (AvgIpc) is 2.36. The molecule has 0 aliphatic rings. The number of hydrogen-bond acceptors (Lipinski definition) is 4. The Morgan fingerprint density at radius 2 is 2.05 bits per heavy atom. The zero-order chi connectivity index (χ0) is 15.1. The van der Waals surface area contributed by atoms with E-state index >= 15 is 0 Å². The Balaban J connectivity index is 2.63. The number of carbonyl (C=O) groups is 3. The molecule has 7 heteroatoms. The second kappa shape index (κ2) is 7.22. The highest BCUT2D eigenvalue weighted by Gasteiger charge is 2.20. The fourth-order valence-electron chi connectivity index (χ4n) is 1.64. The van der Waals surface area contributed by atoms with E-state index in [9.17, 15) is 14.4 Å². The van der Waals surface area contributed by atoms with Crippen LogP contribution in [0, 0.1) is 6.92 Å². The molecule has 0 spiro atoms. The number of carbonyl (C=O) groups excluding carboxylic acids is 1. The van der Waals surface area contributed by atoms with Crippen molar-refractivity contribution >= 4 is 17.8 Å². The van der Waals surface area contributed by atoms with Crippen LogP contribution in [0.25, 0.3) is 0 Å². The standard InChI is InChI=1S/C13H16N2O5/c1-8-7-9(5-6-14-8)12(18)15-10(13(19)20)3-2-4-11(16)17/h5-7,10H,2-4H2,1H3,(H,15,18)(H,16,17)(H,19,20)/t10-/m1/s1. The first kappa shape index (κ1) is 15.6. The second-order valence-electron chi connectivity index (χ2n) is 4.34. The highest BCUT2D eigenvalue weighted by Crippen LogP contribution is 2.05. The first-order valence-electron chi connectivity index (χ1n) is 6.08. The SMILES string of the molecule is Cc1cc(C(=O)N[C@H](CCCC(=O)O)C(=O)O)ccn1. The summed E-state index contributed by atoms with van der Waals surface area (Å²) >= 11 is 0. The van der Waals surface area contributed by atoms with E-state index in [0.717, 1.165) is 0 Å². The van der Waals surface area contributed by atoms with Crippen LogP contribution in [0.5, 0.6) is 0 Å². The predicted molar refractivity (Wildman–Crippen MR) is 69.4 cm³/mol. The Kier molecular flexibility index (Phi) is 5.64. The van der Waals surface area contributed by atoms with E-state index < -0.39 is 23.9 Å². The molecule has 1 amide bonds. The molecule has 1 heterocycles. The maximum Gasteiger partial charge on any atom is 0.326 e. The predicted octanol–water partition coefficient (Wildman–Crippen LogP) is 0.828. The fraction of sp³-hybridized carbons (Fsp3) is 0.385. The number of amides is 1. The lowest BCUT2D eigenvalue weighted by atomic mass is 10.1. The van der Waals surface area contributed by atoms with Crippen LogP contribution in [0.3, 0.4) is 0 Å². The Hall–Kier alpha value is -2.44. The smallest absolute Gasteiger partial charge is 0.326 e. The van der Waals surface area contributed by atoms with Gasteiger partial charge in [0.05, 0.1) is 0 Å². The Morgan fingerprint density at radius 3 is 2.60 bits per heavy atom. The Morgan fingerprint density at radius 1 is 1.35 bits per heavy atom. The van der Waals surface area contributed by atoms with Crippen molar-refractivity contribution in [3.8, 4) is 0 Å². The largest absolute Gasteiger partial charge is 0.481 e. The highest BCUT2D eigenvalue weighted by atomic mass is 16.4. The van der Waals surface area contributed by atoms with E-state index in [1.165, 1.54) is 12.3 Å². The van der Waals surface area contributed by atoms with Crippen molar-refractivity contribution < 1.29 is 24.6 Å². The lowest BCUT2D eigenvalue weighted by molar-refractivity contribution is -0.140. The molecule has 0 radical (unpaired) electrons. The number of hydrogen-bond donors (Lipinski definition) is 3. The molecule has 0 bridgehead atoms. The summed E-state index contributed by atoms with van der Waals surface area (Å²) in [5.74, 6) is -2.70. The number of nitrogens with one attached hydrogen (secondary N) is 1. The zero-order valence-corrected chi connectivity index (χ0v) is 11.0. The van der Waals surface area contributed by atoms with Gasteiger partial charge in [0.15, 0.2) is 0 Å². The highest BCUT2D eigenvalue weighted by molar-refractivity contribution is 5.96. The molecule has 20 heavy (non-hydrogen) atoms. The topological polar surface area (TPSA) is 117 Å². The maximum absolute atomic E-state index is 11.9. The van der Waals surface area contributed by atoms with Crippen LogP contribution >= 0.6 is 0 Å². The summed E-state index contributed by atoms with van der Waals surface area (Å²) in [6, 6.07) is 1.93. The van der Waals surface area contributed by atoms with E-state index in [2.05, 4.69) is 10.3 Å². The van der Waals surface area contributed by atoms with Crippen LogP contribution < -0.4 is 5.32 Å². The first-order valence-corrected chi connectivity index (χ1v) is 6.08. The number of aryl methyl sites for hydroxylation is 1. The van der Waals surface area contributed by atoms with E-state index in [1.807, 2.05) is 0 Å². The van der Waals surface area contributed by atoms with Gasteiger partial charge in [-0.2, -0.15) is 0 Å². The summed E-state index contributed by atoms with van der Waals surface area (Å²) in [7, 11) is 0. The fourth-order valence-corrected chi connectivity index (χ4v) is 1.64. The van der Waals surface area contributed by atoms with Crippen molar-refractivity contribution in [1.82, 2.24) is 10.3 Å². The number of pyridine rings is 1. The lowest BCUT2D eigenvalue weighted by Gasteiger charge is -2.14. The van der Waals surface area contributed by atoms with Gasteiger partial charge in [-0.1, -0.05) is 0 Å². The molecule has 7 nitrogen and oxygen atoms in total. The minimum Gasteiger partial charge on any atom is -0.481 e. The summed E-state index contributed by atoms with van der Waals surface area (Å²) in [5.41, 5.74) is 0.970. The van der Waals surface area contributed by atoms with Crippen LogP contribution in [0.4, 0.5) is 0 Å². The molecular formula is C13H16N2O5. The molecule has 0 saturated carbocycles. The van der Waals surface area contributed by atoms with E-state index in [1.54, 1.807) is 13.0 Å². The molecule has 0 aromatic carbocycles. The molecule has 1 rings (SSSR count). The molecule has 1 aromatic heterocycles. The first-order chi connectivity index (χ1) is 9.40. The zero-order valence-electron chi connectivity index (χ0n) is 11.0. The minimum absolute atomic E-state index is 0.0669. The Bertz CT molecular complexity index is 515. The van der Waals surface area contributed by atoms with Crippen molar-refractivity contribution in [1.29, 1.82) is 0 Å². The summed E-state index contributed by atoms with van der Waals surface area (Å²) in [6.07, 6.45) is 1.58. The van der Waals surface area contributed by atoms with Gasteiger partial charge in [-0.05, 0) is 31.9 Å². The van der Waals surface area contributed by atoms with Gasteiger partial charge in [-0.25, -0.2) is 4.79 Å². The summed E-state index contributed by atoms with van der Waals surface area (Å²) < 4.78 is 0. The van der Waals surface area contributed by atoms with E-state index in [0.29, 0.717) is 11.3 Å². The van der Waals surface area contributed by atoms with Gasteiger partial charge < -0.3 is 15.5 Å². The van der Waals surface area contributed by atoms with Crippen LogP contribution in [-0.4, -0.2) is 39.1 Å². The van der Waals surface area contributed by atoms with Crippen molar-refractivity contribution in [2.75, 3.05) is 0 Å². The van der Waals surface area contributed by atoms with Crippen LogP contribution in [0.1, 0.15) is 35.3 Å². The lowest BCUT2D eigenvalue weighted by Crippen LogP contribution is -2.40. The Labute approximate surface area is 115 Å². The van der Waals surface area contributed by atoms with Crippen molar-refractivity contribution in [2.24, 2.45) is 0 Å². The summed E-state index contributed by atoms with van der Waals surface area (Å²) in [5, 5.41) is 19.9. The van der Waals surface area contributed by atoms with Gasteiger partial charge in [-0.3, -0.25) is 14.6 Å².